The molecule has 5 nitrogen and oxygen atoms in total. The number of thioether (sulfide) groups is 1. The van der Waals surface area contributed by atoms with Gasteiger partial charge in [-0.3, -0.25) is 4.79 Å². The molecule has 0 saturated carbocycles. The van der Waals surface area contributed by atoms with Crippen molar-refractivity contribution in [1.82, 2.24) is 14.9 Å². The number of likely N-dealkylation sites (tertiary alicyclic amines) is 1. The largest absolute Gasteiger partial charge is 0.364 e. The Morgan fingerprint density at radius 2 is 2.21 bits per heavy atom. The number of carbonyl (C=O) groups is 1. The second-order valence-electron chi connectivity index (χ2n) is 5.15. The number of hydrogen-bond donors (Lipinski definition) is 1. The lowest BCUT2D eigenvalue weighted by Gasteiger charge is -2.30. The van der Waals surface area contributed by atoms with Crippen LogP contribution in [-0.2, 0) is 11.2 Å². The highest BCUT2D eigenvalue weighted by molar-refractivity contribution is 7.99. The second kappa shape index (κ2) is 5.00. The van der Waals surface area contributed by atoms with Crippen LogP contribution in [0.15, 0.2) is 4.90 Å². The highest BCUT2D eigenvalue weighted by atomic mass is 32.2. The van der Waals surface area contributed by atoms with Crippen molar-refractivity contribution in [3.8, 4) is 0 Å². The summed E-state index contributed by atoms with van der Waals surface area (Å²) in [5, 5.41) is 3.51. The zero-order chi connectivity index (χ0) is 13.4. The van der Waals surface area contributed by atoms with Crippen LogP contribution in [0.1, 0.15) is 24.4 Å². The normalized spacial score (nSPS) is 22.5. The van der Waals surface area contributed by atoms with Gasteiger partial charge in [0.2, 0.25) is 5.91 Å². The number of anilines is 1. The van der Waals surface area contributed by atoms with Gasteiger partial charge in [0.05, 0.1) is 10.6 Å². The Bertz CT molecular complexity index is 520. The monoisotopic (exact) mass is 278 g/mol. The first kappa shape index (κ1) is 12.7. The molecule has 1 fully saturated rings. The van der Waals surface area contributed by atoms with E-state index in [1.54, 1.807) is 4.90 Å². The Morgan fingerprint density at radius 3 is 3.00 bits per heavy atom. The third-order valence-electron chi connectivity index (χ3n) is 3.60. The maximum absolute atomic E-state index is 11.5. The number of aryl methyl sites for hydroxylation is 2. The average Bonchev–Trinajstić information content (AvgIpc) is 2.82. The van der Waals surface area contributed by atoms with Crippen molar-refractivity contribution in [2.75, 3.05) is 24.7 Å². The van der Waals surface area contributed by atoms with E-state index in [1.807, 2.05) is 25.7 Å². The molecular formula is C13H18N4OS. The fraction of sp³-hybridized carbons (Fsp3) is 0.615. The van der Waals surface area contributed by atoms with Gasteiger partial charge < -0.3 is 10.2 Å². The highest BCUT2D eigenvalue weighted by Gasteiger charge is 2.25. The lowest BCUT2D eigenvalue weighted by Crippen LogP contribution is -2.43. The molecule has 3 rings (SSSR count). The van der Waals surface area contributed by atoms with Crippen LogP contribution in [0, 0.1) is 6.92 Å². The molecule has 1 saturated heterocycles. The van der Waals surface area contributed by atoms with Crippen LogP contribution in [0.5, 0.6) is 0 Å². The summed E-state index contributed by atoms with van der Waals surface area (Å²) in [5.74, 6) is 3.10. The minimum Gasteiger partial charge on any atom is -0.364 e. The molecule has 0 unspecified atom stereocenters. The molecule has 2 aliphatic rings. The Hall–Kier alpha value is -1.30. The minimum atomic E-state index is 0.233. The van der Waals surface area contributed by atoms with E-state index in [9.17, 15) is 4.79 Å². The van der Waals surface area contributed by atoms with Gasteiger partial charge in [-0.2, -0.15) is 0 Å². The van der Waals surface area contributed by atoms with E-state index in [2.05, 4.69) is 15.3 Å². The summed E-state index contributed by atoms with van der Waals surface area (Å²) in [6.45, 7) is 2.69. The molecule has 1 N–H and O–H groups in total. The summed E-state index contributed by atoms with van der Waals surface area (Å²) in [6.07, 6.45) is 2.53. The van der Waals surface area contributed by atoms with Gasteiger partial charge in [-0.15, -0.1) is 11.8 Å². The van der Waals surface area contributed by atoms with Gasteiger partial charge in [-0.1, -0.05) is 0 Å². The van der Waals surface area contributed by atoms with Crippen LogP contribution in [0.4, 0.5) is 5.82 Å². The van der Waals surface area contributed by atoms with Crippen molar-refractivity contribution in [2.45, 2.75) is 37.1 Å². The Labute approximate surface area is 117 Å². The van der Waals surface area contributed by atoms with E-state index in [4.69, 9.17) is 0 Å². The van der Waals surface area contributed by atoms with Gasteiger partial charge >= 0.3 is 0 Å². The Morgan fingerprint density at radius 1 is 1.37 bits per heavy atom. The van der Waals surface area contributed by atoms with Crippen molar-refractivity contribution >= 4 is 23.5 Å². The molecule has 6 heteroatoms. The molecule has 1 atom stereocenters. The first-order valence-electron chi connectivity index (χ1n) is 6.64. The molecule has 102 valence electrons. The van der Waals surface area contributed by atoms with Crippen LogP contribution in [0.25, 0.3) is 0 Å². The van der Waals surface area contributed by atoms with Crippen LogP contribution in [-0.4, -0.2) is 46.2 Å². The molecule has 0 spiro atoms. The molecule has 1 amide bonds. The highest BCUT2D eigenvalue weighted by Crippen LogP contribution is 2.35. The lowest BCUT2D eigenvalue weighted by molar-refractivity contribution is -0.132. The summed E-state index contributed by atoms with van der Waals surface area (Å²) in [4.78, 5) is 23.5. The molecule has 1 aromatic heterocycles. The maximum atomic E-state index is 11.5. The minimum absolute atomic E-state index is 0.233. The van der Waals surface area contributed by atoms with Gasteiger partial charge in [0, 0.05) is 38.2 Å². The molecule has 0 radical (unpaired) electrons. The molecule has 0 aromatic carbocycles. The fourth-order valence-electron chi connectivity index (χ4n) is 2.61. The van der Waals surface area contributed by atoms with Crippen molar-refractivity contribution in [1.29, 1.82) is 0 Å². The molecule has 0 bridgehead atoms. The molecule has 2 aliphatic heterocycles. The number of nitrogens with zero attached hydrogens (tertiary/aromatic N) is 3. The summed E-state index contributed by atoms with van der Waals surface area (Å²) < 4.78 is 0. The first-order chi connectivity index (χ1) is 9.13. The lowest BCUT2D eigenvalue weighted by atomic mass is 10.1. The van der Waals surface area contributed by atoms with Gasteiger partial charge in [-0.25, -0.2) is 9.97 Å². The zero-order valence-corrected chi connectivity index (χ0v) is 12.1. The number of hydrogen-bond acceptors (Lipinski definition) is 5. The van der Waals surface area contributed by atoms with E-state index >= 15 is 0 Å². The van der Waals surface area contributed by atoms with Crippen LogP contribution in [0.2, 0.25) is 0 Å². The number of carbonyl (C=O) groups excluding carboxylic acids is 1. The number of amides is 1. The van der Waals surface area contributed by atoms with Gasteiger partial charge in [-0.05, 0) is 13.3 Å². The third kappa shape index (κ3) is 2.54. The van der Waals surface area contributed by atoms with Crippen molar-refractivity contribution in [3.63, 3.8) is 0 Å². The van der Waals surface area contributed by atoms with Gasteiger partial charge in [0.1, 0.15) is 11.6 Å². The smallest absolute Gasteiger partial charge is 0.222 e. The molecular weight excluding hydrogens is 260 g/mol. The Balaban J connectivity index is 1.79. The van der Waals surface area contributed by atoms with E-state index in [1.165, 1.54) is 10.6 Å². The van der Waals surface area contributed by atoms with Crippen molar-refractivity contribution < 1.29 is 4.79 Å². The predicted octanol–water partition coefficient (Wildman–Crippen LogP) is 1.47. The topological polar surface area (TPSA) is 58.1 Å². The van der Waals surface area contributed by atoms with Crippen molar-refractivity contribution in [3.05, 3.63) is 11.5 Å². The maximum Gasteiger partial charge on any atom is 0.222 e. The third-order valence-corrected chi connectivity index (χ3v) is 4.73. The number of nitrogens with one attached hydrogen (secondary N) is 1. The zero-order valence-electron chi connectivity index (χ0n) is 11.3. The van der Waals surface area contributed by atoms with E-state index in [0.717, 1.165) is 36.8 Å². The second-order valence-corrected chi connectivity index (χ2v) is 6.25. The average molecular weight is 278 g/mol. The van der Waals surface area contributed by atoms with Crippen LogP contribution >= 0.6 is 11.8 Å². The summed E-state index contributed by atoms with van der Waals surface area (Å²) in [6, 6.07) is 0.294. The SMILES string of the molecule is Cc1nc2c(c(N[C@@H]3CCC(=O)N(C)C3)n1)SCC2. The van der Waals surface area contributed by atoms with Crippen LogP contribution < -0.4 is 5.32 Å². The first-order valence-corrected chi connectivity index (χ1v) is 7.63. The number of piperidine rings is 1. The molecule has 19 heavy (non-hydrogen) atoms. The summed E-state index contributed by atoms with van der Waals surface area (Å²) in [5.41, 5.74) is 1.17. The number of likely N-dealkylation sites (N-methyl/N-ethyl adjacent to an activating group) is 1. The van der Waals surface area contributed by atoms with E-state index in [0.29, 0.717) is 12.5 Å². The van der Waals surface area contributed by atoms with Gasteiger partial charge in [0.25, 0.3) is 0 Å². The quantitative estimate of drug-likeness (QED) is 0.887. The fourth-order valence-corrected chi connectivity index (χ4v) is 3.67. The van der Waals surface area contributed by atoms with Gasteiger partial charge in [0.15, 0.2) is 0 Å². The predicted molar refractivity (Wildman–Crippen MR) is 75.5 cm³/mol. The van der Waals surface area contributed by atoms with E-state index < -0.39 is 0 Å². The standard InChI is InChI=1S/C13H18N4OS/c1-8-14-10-5-6-19-12(10)13(15-8)16-9-3-4-11(18)17(2)7-9/h9H,3-7H2,1-2H3,(H,14,15,16)/t9-/m1/s1. The van der Waals surface area contributed by atoms with E-state index in [-0.39, 0.29) is 5.91 Å². The molecule has 3 heterocycles. The molecule has 1 aromatic rings. The van der Waals surface area contributed by atoms with Crippen LogP contribution in [0.3, 0.4) is 0 Å². The summed E-state index contributed by atoms with van der Waals surface area (Å²) >= 11 is 1.83. The van der Waals surface area contributed by atoms with Crippen molar-refractivity contribution in [2.24, 2.45) is 0 Å². The number of aromatic nitrogens is 2. The Kier molecular flexibility index (Phi) is 3.35. The number of fused-ring (bicyclic) bond motifs is 1. The molecule has 0 aliphatic carbocycles. The number of rotatable bonds is 2. The summed E-state index contributed by atoms with van der Waals surface area (Å²) in [7, 11) is 1.86.